The molecule has 0 amide bonds. The van der Waals surface area contributed by atoms with Gasteiger partial charge in [-0.25, -0.2) is 13.4 Å². The van der Waals surface area contributed by atoms with Crippen LogP contribution in [0.4, 0.5) is 0 Å². The molecule has 0 unspecified atom stereocenters. The minimum absolute atomic E-state index is 0.107. The van der Waals surface area contributed by atoms with E-state index in [1.54, 1.807) is 31.5 Å². The van der Waals surface area contributed by atoms with Gasteiger partial charge in [-0.2, -0.15) is 0 Å². The second-order valence-corrected chi connectivity index (χ2v) is 6.84. The van der Waals surface area contributed by atoms with Crippen LogP contribution in [0.15, 0.2) is 53.7 Å². The Hall–Kier alpha value is -2.14. The summed E-state index contributed by atoms with van der Waals surface area (Å²) in [7, 11) is -3.18. The second-order valence-electron chi connectivity index (χ2n) is 4.57. The predicted octanol–water partition coefficient (Wildman–Crippen LogP) is 3.02. The van der Waals surface area contributed by atoms with E-state index < -0.39 is 9.84 Å². The number of imidazole rings is 1. The van der Waals surface area contributed by atoms with Gasteiger partial charge in [-0.15, -0.1) is 0 Å². The first-order valence-corrected chi connectivity index (χ1v) is 8.02. The summed E-state index contributed by atoms with van der Waals surface area (Å²) in [5.41, 5.74) is 3.68. The third kappa shape index (κ3) is 2.20. The van der Waals surface area contributed by atoms with Crippen LogP contribution in [0.3, 0.4) is 0 Å². The molecule has 0 saturated heterocycles. The molecule has 3 rings (SSSR count). The molecule has 1 heterocycles. The SMILES string of the molecule is CCS(=O)(=O)c1cccc(-c2ccc3nc[nH]c3c2)c1. The van der Waals surface area contributed by atoms with E-state index in [0.29, 0.717) is 4.90 Å². The lowest BCUT2D eigenvalue weighted by molar-refractivity contribution is 0.597. The fourth-order valence-corrected chi connectivity index (χ4v) is 3.08. The Morgan fingerprint density at radius 1 is 1.10 bits per heavy atom. The lowest BCUT2D eigenvalue weighted by Gasteiger charge is -2.06. The molecule has 0 fully saturated rings. The number of aromatic nitrogens is 2. The summed E-state index contributed by atoms with van der Waals surface area (Å²) in [4.78, 5) is 7.59. The van der Waals surface area contributed by atoms with Gasteiger partial charge in [-0.3, -0.25) is 0 Å². The molecule has 1 aromatic heterocycles. The van der Waals surface area contributed by atoms with E-state index in [1.165, 1.54) is 0 Å². The monoisotopic (exact) mass is 286 g/mol. The summed E-state index contributed by atoms with van der Waals surface area (Å²) in [5, 5.41) is 0. The van der Waals surface area contributed by atoms with Crippen molar-refractivity contribution in [1.82, 2.24) is 9.97 Å². The van der Waals surface area contributed by atoms with E-state index in [4.69, 9.17) is 0 Å². The number of nitrogens with zero attached hydrogens (tertiary/aromatic N) is 1. The molecular weight excluding hydrogens is 272 g/mol. The largest absolute Gasteiger partial charge is 0.345 e. The maximum Gasteiger partial charge on any atom is 0.178 e. The molecule has 2 aromatic carbocycles. The molecule has 1 N–H and O–H groups in total. The van der Waals surface area contributed by atoms with Crippen molar-refractivity contribution in [1.29, 1.82) is 0 Å². The Labute approximate surface area is 117 Å². The standard InChI is InChI=1S/C15H14N2O2S/c1-2-20(18,19)13-5-3-4-11(8-13)12-6-7-14-15(9-12)17-10-16-14/h3-10H,2H2,1H3,(H,16,17). The molecule has 0 aliphatic carbocycles. The van der Waals surface area contributed by atoms with Gasteiger partial charge < -0.3 is 4.98 Å². The summed E-state index contributed by atoms with van der Waals surface area (Å²) in [6, 6.07) is 12.9. The van der Waals surface area contributed by atoms with Crippen LogP contribution in [0, 0.1) is 0 Å². The van der Waals surface area contributed by atoms with Crippen LogP contribution in [0.5, 0.6) is 0 Å². The van der Waals surface area contributed by atoms with Gasteiger partial charge in [0.15, 0.2) is 9.84 Å². The number of H-pyrrole nitrogens is 1. The smallest absolute Gasteiger partial charge is 0.178 e. The fourth-order valence-electron chi connectivity index (χ4n) is 2.15. The zero-order valence-corrected chi connectivity index (χ0v) is 11.8. The number of benzene rings is 2. The molecule has 0 aliphatic heterocycles. The Morgan fingerprint density at radius 3 is 2.70 bits per heavy atom. The highest BCUT2D eigenvalue weighted by Crippen LogP contribution is 2.25. The first-order valence-electron chi connectivity index (χ1n) is 6.36. The van der Waals surface area contributed by atoms with Gasteiger partial charge in [0.2, 0.25) is 0 Å². The first-order chi connectivity index (χ1) is 9.60. The molecule has 0 spiro atoms. The molecule has 0 radical (unpaired) electrons. The lowest BCUT2D eigenvalue weighted by atomic mass is 10.1. The van der Waals surface area contributed by atoms with Crippen molar-refractivity contribution in [2.24, 2.45) is 0 Å². The van der Waals surface area contributed by atoms with E-state index in [2.05, 4.69) is 9.97 Å². The molecule has 102 valence electrons. The van der Waals surface area contributed by atoms with E-state index in [1.807, 2.05) is 24.3 Å². The molecular formula is C15H14N2O2S. The van der Waals surface area contributed by atoms with Gasteiger partial charge in [0, 0.05) is 0 Å². The van der Waals surface area contributed by atoms with E-state index >= 15 is 0 Å². The number of fused-ring (bicyclic) bond motifs is 1. The fraction of sp³-hybridized carbons (Fsp3) is 0.133. The van der Waals surface area contributed by atoms with Crippen LogP contribution >= 0.6 is 0 Å². The Balaban J connectivity index is 2.12. The van der Waals surface area contributed by atoms with Gasteiger partial charge in [-0.05, 0) is 35.4 Å². The average Bonchev–Trinajstić information content (AvgIpc) is 2.94. The summed E-state index contributed by atoms with van der Waals surface area (Å²) in [5.74, 6) is 0.107. The van der Waals surface area contributed by atoms with Crippen molar-refractivity contribution >= 4 is 20.9 Å². The first kappa shape index (κ1) is 12.9. The van der Waals surface area contributed by atoms with Crippen LogP contribution in [0.25, 0.3) is 22.2 Å². The number of aromatic amines is 1. The number of nitrogens with one attached hydrogen (secondary N) is 1. The molecule has 3 aromatic rings. The normalized spacial score (nSPS) is 11.8. The topological polar surface area (TPSA) is 62.8 Å². The average molecular weight is 286 g/mol. The van der Waals surface area contributed by atoms with Gasteiger partial charge in [0.05, 0.1) is 28.0 Å². The van der Waals surface area contributed by atoms with Gasteiger partial charge in [0.1, 0.15) is 0 Å². The highest BCUT2D eigenvalue weighted by molar-refractivity contribution is 7.91. The molecule has 0 atom stereocenters. The Morgan fingerprint density at radius 2 is 1.90 bits per heavy atom. The van der Waals surface area contributed by atoms with Crippen molar-refractivity contribution in [3.8, 4) is 11.1 Å². The Kier molecular flexibility index (Phi) is 3.06. The minimum atomic E-state index is -3.18. The number of rotatable bonds is 3. The summed E-state index contributed by atoms with van der Waals surface area (Å²) in [6.45, 7) is 1.65. The van der Waals surface area contributed by atoms with Crippen LogP contribution in [-0.2, 0) is 9.84 Å². The molecule has 5 heteroatoms. The zero-order chi connectivity index (χ0) is 14.2. The maximum absolute atomic E-state index is 11.9. The number of sulfone groups is 1. The van der Waals surface area contributed by atoms with Gasteiger partial charge >= 0.3 is 0 Å². The van der Waals surface area contributed by atoms with Gasteiger partial charge in [-0.1, -0.05) is 25.1 Å². The summed E-state index contributed by atoms with van der Waals surface area (Å²) < 4.78 is 23.9. The maximum atomic E-state index is 11.9. The molecule has 20 heavy (non-hydrogen) atoms. The van der Waals surface area contributed by atoms with Gasteiger partial charge in [0.25, 0.3) is 0 Å². The molecule has 4 nitrogen and oxygen atoms in total. The quantitative estimate of drug-likeness (QED) is 0.805. The highest BCUT2D eigenvalue weighted by atomic mass is 32.2. The number of hydrogen-bond donors (Lipinski definition) is 1. The summed E-state index contributed by atoms with van der Waals surface area (Å²) >= 11 is 0. The third-order valence-electron chi connectivity index (χ3n) is 3.33. The van der Waals surface area contributed by atoms with Crippen molar-refractivity contribution in [3.63, 3.8) is 0 Å². The Bertz CT molecular complexity index is 866. The van der Waals surface area contributed by atoms with E-state index in [-0.39, 0.29) is 5.75 Å². The zero-order valence-electron chi connectivity index (χ0n) is 11.0. The van der Waals surface area contributed by atoms with Crippen LogP contribution < -0.4 is 0 Å². The molecule has 0 saturated carbocycles. The lowest BCUT2D eigenvalue weighted by Crippen LogP contribution is -2.03. The van der Waals surface area contributed by atoms with E-state index in [0.717, 1.165) is 22.2 Å². The minimum Gasteiger partial charge on any atom is -0.345 e. The molecule has 0 bridgehead atoms. The van der Waals surface area contributed by atoms with Crippen molar-refractivity contribution in [3.05, 3.63) is 48.8 Å². The molecule has 0 aliphatic rings. The highest BCUT2D eigenvalue weighted by Gasteiger charge is 2.12. The predicted molar refractivity (Wildman–Crippen MR) is 79.3 cm³/mol. The van der Waals surface area contributed by atoms with Crippen molar-refractivity contribution in [2.75, 3.05) is 5.75 Å². The van der Waals surface area contributed by atoms with Crippen molar-refractivity contribution in [2.45, 2.75) is 11.8 Å². The third-order valence-corrected chi connectivity index (χ3v) is 5.06. The van der Waals surface area contributed by atoms with Crippen LogP contribution in [0.2, 0.25) is 0 Å². The summed E-state index contributed by atoms with van der Waals surface area (Å²) in [6.07, 6.45) is 1.65. The van der Waals surface area contributed by atoms with Crippen LogP contribution in [0.1, 0.15) is 6.92 Å². The van der Waals surface area contributed by atoms with Crippen molar-refractivity contribution < 1.29 is 8.42 Å². The van der Waals surface area contributed by atoms with Crippen LogP contribution in [-0.4, -0.2) is 24.1 Å². The second kappa shape index (κ2) is 4.76. The number of hydrogen-bond acceptors (Lipinski definition) is 3. The van der Waals surface area contributed by atoms with E-state index in [9.17, 15) is 8.42 Å².